The van der Waals surface area contributed by atoms with Crippen LogP contribution in [0.2, 0.25) is 0 Å². The second-order valence-electron chi connectivity index (χ2n) is 6.44. The van der Waals surface area contributed by atoms with Gasteiger partial charge in [-0.2, -0.15) is 0 Å². The quantitative estimate of drug-likeness (QED) is 0.223. The Morgan fingerprint density at radius 3 is 2.48 bits per heavy atom. The van der Waals surface area contributed by atoms with E-state index in [4.69, 9.17) is 4.74 Å². The zero-order valence-electron chi connectivity index (χ0n) is 16.6. The third kappa shape index (κ3) is 11.5. The Bertz CT molecular complexity index is 594. The number of nitrogens with zero attached hydrogens (tertiary/aromatic N) is 2. The fraction of sp³-hybridized carbons (Fsp3) is 0.632. The van der Waals surface area contributed by atoms with Crippen molar-refractivity contribution in [3.8, 4) is 5.75 Å². The minimum absolute atomic E-state index is 0. The van der Waals surface area contributed by atoms with Gasteiger partial charge in [-0.1, -0.05) is 12.1 Å². The van der Waals surface area contributed by atoms with E-state index in [9.17, 15) is 13.2 Å². The summed E-state index contributed by atoms with van der Waals surface area (Å²) in [5.41, 5.74) is 0.921. The second-order valence-corrected chi connectivity index (χ2v) is 6.44. The Labute approximate surface area is 187 Å². The van der Waals surface area contributed by atoms with Crippen LogP contribution in [0.3, 0.4) is 0 Å². The largest absolute Gasteiger partial charge is 0.573 e. The van der Waals surface area contributed by atoms with Crippen LogP contribution in [0, 0.1) is 0 Å². The predicted octanol–water partition coefficient (Wildman–Crippen LogP) is 3.02. The van der Waals surface area contributed by atoms with Crippen LogP contribution in [0.5, 0.6) is 5.75 Å². The lowest BCUT2D eigenvalue weighted by atomic mass is 10.1. The van der Waals surface area contributed by atoms with Gasteiger partial charge in [0.05, 0.1) is 13.2 Å². The van der Waals surface area contributed by atoms with Gasteiger partial charge < -0.3 is 20.1 Å². The molecule has 0 saturated carbocycles. The molecule has 1 aromatic carbocycles. The molecule has 0 radical (unpaired) electrons. The molecule has 0 spiro atoms. The first-order chi connectivity index (χ1) is 13.5. The average Bonchev–Trinajstić information content (AvgIpc) is 2.66. The highest BCUT2D eigenvalue weighted by atomic mass is 127. The zero-order chi connectivity index (χ0) is 20.2. The van der Waals surface area contributed by atoms with Gasteiger partial charge in [0.15, 0.2) is 5.96 Å². The van der Waals surface area contributed by atoms with Crippen molar-refractivity contribution in [1.82, 2.24) is 15.5 Å². The number of aliphatic imine (C=N–C) groups is 1. The number of hydrogen-bond donors (Lipinski definition) is 2. The summed E-state index contributed by atoms with van der Waals surface area (Å²) in [5, 5.41) is 6.46. The number of rotatable bonds is 9. The Morgan fingerprint density at radius 2 is 1.86 bits per heavy atom. The monoisotopic (exact) mass is 530 g/mol. The molecule has 1 fully saturated rings. The zero-order valence-corrected chi connectivity index (χ0v) is 19.0. The van der Waals surface area contributed by atoms with E-state index in [1.807, 2.05) is 6.92 Å². The fourth-order valence-electron chi connectivity index (χ4n) is 2.83. The van der Waals surface area contributed by atoms with E-state index in [-0.39, 0.29) is 29.7 Å². The van der Waals surface area contributed by atoms with Gasteiger partial charge in [-0.05, 0) is 37.5 Å². The first kappa shape index (κ1) is 25.8. The van der Waals surface area contributed by atoms with Crippen LogP contribution < -0.4 is 15.4 Å². The summed E-state index contributed by atoms with van der Waals surface area (Å²) in [7, 11) is 0. The van der Waals surface area contributed by atoms with Crippen molar-refractivity contribution in [1.29, 1.82) is 0 Å². The summed E-state index contributed by atoms with van der Waals surface area (Å²) in [6, 6.07) is 5.92. The van der Waals surface area contributed by atoms with E-state index in [0.717, 1.165) is 63.9 Å². The number of hydrogen-bond acceptors (Lipinski definition) is 4. The SMILES string of the molecule is CCNC(=NCCCN1CCOCC1)NCCc1ccc(OC(F)(F)F)cc1.I. The Kier molecular flexibility index (Phi) is 12.3. The second kappa shape index (κ2) is 13.9. The van der Waals surface area contributed by atoms with Gasteiger partial charge in [0.1, 0.15) is 5.75 Å². The van der Waals surface area contributed by atoms with Crippen LogP contribution in [0.25, 0.3) is 0 Å². The number of morpholine rings is 1. The third-order valence-electron chi connectivity index (χ3n) is 4.21. The van der Waals surface area contributed by atoms with Crippen molar-refractivity contribution in [2.45, 2.75) is 26.1 Å². The molecule has 1 aliphatic rings. The van der Waals surface area contributed by atoms with Gasteiger partial charge in [0, 0.05) is 39.3 Å². The van der Waals surface area contributed by atoms with Gasteiger partial charge in [0.2, 0.25) is 0 Å². The highest BCUT2D eigenvalue weighted by Gasteiger charge is 2.30. The summed E-state index contributed by atoms with van der Waals surface area (Å²) in [5.74, 6) is 0.542. The maximum atomic E-state index is 12.2. The average molecular weight is 530 g/mol. The number of nitrogens with one attached hydrogen (secondary N) is 2. The van der Waals surface area contributed by atoms with Crippen molar-refractivity contribution < 1.29 is 22.6 Å². The number of alkyl halides is 3. The van der Waals surface area contributed by atoms with E-state index < -0.39 is 6.36 Å². The molecule has 0 aliphatic carbocycles. The molecule has 0 atom stereocenters. The fourth-order valence-corrected chi connectivity index (χ4v) is 2.83. The van der Waals surface area contributed by atoms with Crippen LogP contribution in [-0.4, -0.2) is 69.7 Å². The van der Waals surface area contributed by atoms with E-state index in [1.165, 1.54) is 12.1 Å². The molecular weight excluding hydrogens is 500 g/mol. The van der Waals surface area contributed by atoms with Gasteiger partial charge in [-0.25, -0.2) is 0 Å². The highest BCUT2D eigenvalue weighted by Crippen LogP contribution is 2.22. The predicted molar refractivity (Wildman–Crippen MR) is 118 cm³/mol. The van der Waals surface area contributed by atoms with Crippen molar-refractivity contribution in [3.63, 3.8) is 0 Å². The Hall–Kier alpha value is -1.27. The molecule has 1 aliphatic heterocycles. The molecular formula is C19H30F3IN4O2. The molecule has 166 valence electrons. The van der Waals surface area contributed by atoms with E-state index in [0.29, 0.717) is 13.0 Å². The van der Waals surface area contributed by atoms with Gasteiger partial charge in [-0.15, -0.1) is 37.1 Å². The maximum Gasteiger partial charge on any atom is 0.573 e. The molecule has 0 aromatic heterocycles. The van der Waals surface area contributed by atoms with Crippen molar-refractivity contribution in [2.24, 2.45) is 4.99 Å². The molecule has 0 unspecified atom stereocenters. The Balaban J connectivity index is 0.00000420. The number of benzene rings is 1. The van der Waals surface area contributed by atoms with E-state index >= 15 is 0 Å². The van der Waals surface area contributed by atoms with Gasteiger partial charge in [0.25, 0.3) is 0 Å². The number of ether oxygens (including phenoxy) is 2. The lowest BCUT2D eigenvalue weighted by molar-refractivity contribution is -0.274. The lowest BCUT2D eigenvalue weighted by Crippen LogP contribution is -2.39. The minimum atomic E-state index is -4.66. The molecule has 1 aromatic rings. The van der Waals surface area contributed by atoms with Gasteiger partial charge in [-0.3, -0.25) is 9.89 Å². The molecule has 2 rings (SSSR count). The smallest absolute Gasteiger partial charge is 0.406 e. The number of halogens is 4. The standard InChI is InChI=1S/C19H29F3N4O2.HI/c1-2-23-18(24-9-3-11-26-12-14-27-15-13-26)25-10-8-16-4-6-17(7-5-16)28-19(20,21)22;/h4-7H,2-3,8-15H2,1H3,(H2,23,24,25);1H. The summed E-state index contributed by atoms with van der Waals surface area (Å²) in [4.78, 5) is 6.96. The van der Waals surface area contributed by atoms with Crippen LogP contribution in [-0.2, 0) is 11.2 Å². The lowest BCUT2D eigenvalue weighted by Gasteiger charge is -2.26. The molecule has 0 amide bonds. The van der Waals surface area contributed by atoms with Crippen LogP contribution in [0.4, 0.5) is 13.2 Å². The molecule has 6 nitrogen and oxygen atoms in total. The van der Waals surface area contributed by atoms with E-state index in [2.05, 4.69) is 25.3 Å². The van der Waals surface area contributed by atoms with Crippen molar-refractivity contribution in [2.75, 3.05) is 52.5 Å². The first-order valence-electron chi connectivity index (χ1n) is 9.63. The highest BCUT2D eigenvalue weighted by molar-refractivity contribution is 14.0. The topological polar surface area (TPSA) is 58.1 Å². The minimum Gasteiger partial charge on any atom is -0.406 e. The summed E-state index contributed by atoms with van der Waals surface area (Å²) in [6.45, 7) is 8.71. The molecule has 10 heteroatoms. The van der Waals surface area contributed by atoms with Crippen LogP contribution >= 0.6 is 24.0 Å². The van der Waals surface area contributed by atoms with Crippen LogP contribution in [0.1, 0.15) is 18.9 Å². The number of guanidine groups is 1. The van der Waals surface area contributed by atoms with E-state index in [1.54, 1.807) is 12.1 Å². The Morgan fingerprint density at radius 1 is 1.17 bits per heavy atom. The summed E-state index contributed by atoms with van der Waals surface area (Å²) >= 11 is 0. The summed E-state index contributed by atoms with van der Waals surface area (Å²) < 4.78 is 45.7. The third-order valence-corrected chi connectivity index (χ3v) is 4.21. The molecule has 2 N–H and O–H groups in total. The summed E-state index contributed by atoms with van der Waals surface area (Å²) in [6.07, 6.45) is -3.01. The molecule has 0 bridgehead atoms. The first-order valence-corrected chi connectivity index (χ1v) is 9.63. The van der Waals surface area contributed by atoms with Gasteiger partial charge >= 0.3 is 6.36 Å². The van der Waals surface area contributed by atoms with Crippen LogP contribution in [0.15, 0.2) is 29.3 Å². The van der Waals surface area contributed by atoms with Crippen molar-refractivity contribution >= 4 is 29.9 Å². The molecule has 29 heavy (non-hydrogen) atoms. The normalized spacial score (nSPS) is 15.5. The maximum absolute atomic E-state index is 12.2. The molecule has 1 saturated heterocycles. The molecule has 1 heterocycles. The van der Waals surface area contributed by atoms with Crippen molar-refractivity contribution in [3.05, 3.63) is 29.8 Å².